The van der Waals surface area contributed by atoms with Gasteiger partial charge in [0.25, 0.3) is 10.1 Å². The summed E-state index contributed by atoms with van der Waals surface area (Å²) in [5, 5.41) is 9.49. The fourth-order valence-corrected chi connectivity index (χ4v) is 4.52. The molecule has 1 aliphatic rings. The molecule has 1 N–H and O–H groups in total. The van der Waals surface area contributed by atoms with Crippen LogP contribution in [0.15, 0.2) is 59.5 Å². The molecule has 162 valence electrons. The molecule has 0 radical (unpaired) electrons. The Labute approximate surface area is 177 Å². The minimum absolute atomic E-state index is 0.0198. The number of hydrogen-bond donors (Lipinski definition) is 1. The van der Waals surface area contributed by atoms with Crippen LogP contribution in [0, 0.1) is 12.8 Å². The molecule has 1 amide bonds. The molecule has 2 atom stereocenters. The Morgan fingerprint density at radius 2 is 1.83 bits per heavy atom. The molecular weight excluding hydrogens is 406 g/mol. The standard InChI is InChI=1S/C22H27NO6S/c1-17-7-9-21(10-8-17)30(26,27)29-12-11-19-13-20(23(14-19)22(24)25)16-28-15-18-5-3-2-4-6-18/h2-10,19-20H,11-16H2,1H3,(H,24,25)/t19?,20-/m0/s1. The lowest BCUT2D eigenvalue weighted by atomic mass is 10.0. The molecule has 0 saturated carbocycles. The number of rotatable bonds is 9. The lowest BCUT2D eigenvalue weighted by Crippen LogP contribution is -2.37. The number of benzene rings is 2. The summed E-state index contributed by atoms with van der Waals surface area (Å²) in [5.41, 5.74) is 2.00. The van der Waals surface area contributed by atoms with E-state index in [0.717, 1.165) is 11.1 Å². The van der Waals surface area contributed by atoms with Crippen LogP contribution < -0.4 is 0 Å². The van der Waals surface area contributed by atoms with Gasteiger partial charge >= 0.3 is 6.09 Å². The highest BCUT2D eigenvalue weighted by Crippen LogP contribution is 2.27. The Morgan fingerprint density at radius 3 is 2.50 bits per heavy atom. The van der Waals surface area contributed by atoms with Gasteiger partial charge in [0, 0.05) is 6.54 Å². The number of nitrogens with zero attached hydrogens (tertiary/aromatic N) is 1. The summed E-state index contributed by atoms with van der Waals surface area (Å²) in [7, 11) is -3.81. The molecular formula is C22H27NO6S. The quantitative estimate of drug-likeness (QED) is 0.607. The number of hydrogen-bond acceptors (Lipinski definition) is 5. The maximum absolute atomic E-state index is 12.3. The average Bonchev–Trinajstić information content (AvgIpc) is 3.12. The molecule has 1 saturated heterocycles. The number of ether oxygens (including phenoxy) is 1. The first-order valence-electron chi connectivity index (χ1n) is 9.92. The van der Waals surface area contributed by atoms with Gasteiger partial charge in [0.05, 0.1) is 30.8 Å². The maximum Gasteiger partial charge on any atom is 0.407 e. The lowest BCUT2D eigenvalue weighted by molar-refractivity contribution is 0.0643. The molecule has 0 aromatic heterocycles. The Balaban J connectivity index is 1.48. The van der Waals surface area contributed by atoms with Crippen LogP contribution in [-0.2, 0) is 25.6 Å². The van der Waals surface area contributed by atoms with Crippen molar-refractivity contribution in [3.05, 3.63) is 65.7 Å². The number of likely N-dealkylation sites (tertiary alicyclic amines) is 1. The topological polar surface area (TPSA) is 93.1 Å². The second-order valence-electron chi connectivity index (χ2n) is 7.57. The zero-order chi connectivity index (χ0) is 21.6. The van der Waals surface area contributed by atoms with E-state index < -0.39 is 16.2 Å². The number of aryl methyl sites for hydroxylation is 1. The van der Waals surface area contributed by atoms with Crippen molar-refractivity contribution in [3.63, 3.8) is 0 Å². The van der Waals surface area contributed by atoms with E-state index in [1.807, 2.05) is 37.3 Å². The van der Waals surface area contributed by atoms with Crippen molar-refractivity contribution in [1.29, 1.82) is 0 Å². The third-order valence-corrected chi connectivity index (χ3v) is 6.57. The monoisotopic (exact) mass is 433 g/mol. The van der Waals surface area contributed by atoms with E-state index in [-0.39, 0.29) is 23.5 Å². The van der Waals surface area contributed by atoms with Crippen molar-refractivity contribution >= 4 is 16.2 Å². The molecule has 2 aromatic rings. The largest absolute Gasteiger partial charge is 0.465 e. The summed E-state index contributed by atoms with van der Waals surface area (Å²) >= 11 is 0. The second kappa shape index (κ2) is 10.1. The van der Waals surface area contributed by atoms with Gasteiger partial charge in [-0.05, 0) is 43.4 Å². The smallest absolute Gasteiger partial charge is 0.407 e. The molecule has 1 heterocycles. The summed E-state index contributed by atoms with van der Waals surface area (Å²) in [4.78, 5) is 13.1. The zero-order valence-corrected chi connectivity index (χ0v) is 17.8. The van der Waals surface area contributed by atoms with Crippen LogP contribution in [0.3, 0.4) is 0 Å². The van der Waals surface area contributed by atoms with Crippen molar-refractivity contribution in [2.45, 2.75) is 37.3 Å². The van der Waals surface area contributed by atoms with Crippen LogP contribution in [-0.4, -0.2) is 50.3 Å². The fraction of sp³-hybridized carbons (Fsp3) is 0.409. The Morgan fingerprint density at radius 1 is 1.13 bits per heavy atom. The van der Waals surface area contributed by atoms with Gasteiger partial charge in [-0.25, -0.2) is 4.79 Å². The average molecular weight is 434 g/mol. The zero-order valence-electron chi connectivity index (χ0n) is 16.9. The molecule has 1 unspecified atom stereocenters. The molecule has 8 heteroatoms. The molecule has 0 aliphatic carbocycles. The van der Waals surface area contributed by atoms with E-state index in [9.17, 15) is 18.3 Å². The highest BCUT2D eigenvalue weighted by Gasteiger charge is 2.35. The van der Waals surface area contributed by atoms with Crippen LogP contribution in [0.25, 0.3) is 0 Å². The van der Waals surface area contributed by atoms with Crippen LogP contribution in [0.1, 0.15) is 24.0 Å². The minimum Gasteiger partial charge on any atom is -0.465 e. The minimum atomic E-state index is -3.81. The van der Waals surface area contributed by atoms with Gasteiger partial charge in [0.2, 0.25) is 0 Å². The van der Waals surface area contributed by atoms with Gasteiger partial charge in [0.1, 0.15) is 0 Å². The van der Waals surface area contributed by atoms with Gasteiger partial charge in [-0.15, -0.1) is 0 Å². The van der Waals surface area contributed by atoms with E-state index in [4.69, 9.17) is 8.92 Å². The van der Waals surface area contributed by atoms with Gasteiger partial charge < -0.3 is 14.7 Å². The van der Waals surface area contributed by atoms with E-state index in [0.29, 0.717) is 32.6 Å². The maximum atomic E-state index is 12.3. The van der Waals surface area contributed by atoms with E-state index >= 15 is 0 Å². The Hall–Kier alpha value is -2.42. The first-order valence-corrected chi connectivity index (χ1v) is 11.3. The fourth-order valence-electron chi connectivity index (χ4n) is 3.60. The van der Waals surface area contributed by atoms with Gasteiger partial charge in [-0.2, -0.15) is 8.42 Å². The van der Waals surface area contributed by atoms with Crippen molar-refractivity contribution in [2.24, 2.45) is 5.92 Å². The molecule has 30 heavy (non-hydrogen) atoms. The third kappa shape index (κ3) is 6.04. The highest BCUT2D eigenvalue weighted by atomic mass is 32.2. The van der Waals surface area contributed by atoms with Gasteiger partial charge in [0.15, 0.2) is 0 Å². The normalized spacial score (nSPS) is 19.2. The van der Waals surface area contributed by atoms with E-state index in [1.165, 1.54) is 17.0 Å². The molecule has 1 aliphatic heterocycles. The first-order chi connectivity index (χ1) is 14.3. The number of amides is 1. The van der Waals surface area contributed by atoms with E-state index in [1.54, 1.807) is 12.1 Å². The summed E-state index contributed by atoms with van der Waals surface area (Å²) < 4.78 is 35.5. The summed E-state index contributed by atoms with van der Waals surface area (Å²) in [6, 6.07) is 15.9. The molecule has 3 rings (SSSR count). The SMILES string of the molecule is Cc1ccc(S(=O)(=O)OCCC2C[C@@H](COCc3ccccc3)N(C(=O)O)C2)cc1. The molecule has 0 spiro atoms. The Bertz CT molecular complexity index is 930. The van der Waals surface area contributed by atoms with E-state index in [2.05, 4.69) is 0 Å². The summed E-state index contributed by atoms with van der Waals surface area (Å²) in [6.07, 6.45) is 0.0954. The predicted molar refractivity (Wildman–Crippen MR) is 112 cm³/mol. The van der Waals surface area contributed by atoms with Gasteiger partial charge in [-0.1, -0.05) is 48.0 Å². The second-order valence-corrected chi connectivity index (χ2v) is 9.18. The number of carboxylic acid groups (broad SMARTS) is 1. The van der Waals surface area contributed by atoms with Crippen molar-refractivity contribution in [2.75, 3.05) is 19.8 Å². The van der Waals surface area contributed by atoms with Crippen LogP contribution >= 0.6 is 0 Å². The molecule has 1 fully saturated rings. The Kier molecular flexibility index (Phi) is 7.47. The van der Waals surface area contributed by atoms with Crippen molar-refractivity contribution in [1.82, 2.24) is 4.90 Å². The predicted octanol–water partition coefficient (Wildman–Crippen LogP) is 3.68. The van der Waals surface area contributed by atoms with Crippen LogP contribution in [0.2, 0.25) is 0 Å². The van der Waals surface area contributed by atoms with Crippen LogP contribution in [0.5, 0.6) is 0 Å². The molecule has 0 bridgehead atoms. The number of carbonyl (C=O) groups is 1. The van der Waals surface area contributed by atoms with Crippen molar-refractivity contribution < 1.29 is 27.2 Å². The first kappa shape index (κ1) is 22.3. The molecule has 2 aromatic carbocycles. The summed E-state index contributed by atoms with van der Waals surface area (Å²) in [6.45, 7) is 2.98. The lowest BCUT2D eigenvalue weighted by Gasteiger charge is -2.21. The van der Waals surface area contributed by atoms with Gasteiger partial charge in [-0.3, -0.25) is 4.18 Å². The third-order valence-electron chi connectivity index (χ3n) is 5.24. The highest BCUT2D eigenvalue weighted by molar-refractivity contribution is 7.86. The van der Waals surface area contributed by atoms with Crippen molar-refractivity contribution in [3.8, 4) is 0 Å². The summed E-state index contributed by atoms with van der Waals surface area (Å²) in [5.74, 6) is 0.0274. The van der Waals surface area contributed by atoms with Crippen LogP contribution in [0.4, 0.5) is 4.79 Å². The molecule has 7 nitrogen and oxygen atoms in total.